The van der Waals surface area contributed by atoms with Crippen LogP contribution in [0, 0.1) is 0 Å². The van der Waals surface area contributed by atoms with Gasteiger partial charge in [-0.3, -0.25) is 0 Å². The van der Waals surface area contributed by atoms with Gasteiger partial charge in [0.05, 0.1) is 0 Å². The maximum absolute atomic E-state index is 9.88. The van der Waals surface area contributed by atoms with Crippen LogP contribution in [0.5, 0.6) is 0 Å². The van der Waals surface area contributed by atoms with Gasteiger partial charge in [-0.2, -0.15) is 0 Å². The summed E-state index contributed by atoms with van der Waals surface area (Å²) in [6, 6.07) is 0.384. The molecule has 0 bridgehead atoms. The second-order valence-electron chi connectivity index (χ2n) is 4.74. The fourth-order valence-corrected chi connectivity index (χ4v) is 2.43. The summed E-state index contributed by atoms with van der Waals surface area (Å²) in [7, 11) is 0. The SMILES string of the molecule is CCCNC1C=C2C=CC(O)C(O)=C2CCC1. The topological polar surface area (TPSA) is 52.5 Å². The molecule has 0 spiro atoms. The number of fused-ring (bicyclic) bond motifs is 1. The van der Waals surface area contributed by atoms with Crippen LogP contribution in [0.25, 0.3) is 0 Å². The zero-order chi connectivity index (χ0) is 12.3. The van der Waals surface area contributed by atoms with Crippen molar-refractivity contribution in [2.24, 2.45) is 0 Å². The lowest BCUT2D eigenvalue weighted by Gasteiger charge is -2.18. The van der Waals surface area contributed by atoms with E-state index < -0.39 is 6.10 Å². The Hall–Kier alpha value is -1.06. The highest BCUT2D eigenvalue weighted by Crippen LogP contribution is 2.30. The Morgan fingerprint density at radius 1 is 1.47 bits per heavy atom. The highest BCUT2D eigenvalue weighted by atomic mass is 16.3. The molecule has 3 nitrogen and oxygen atoms in total. The smallest absolute Gasteiger partial charge is 0.129 e. The van der Waals surface area contributed by atoms with Crippen LogP contribution < -0.4 is 5.32 Å². The summed E-state index contributed by atoms with van der Waals surface area (Å²) in [6.45, 7) is 3.18. The Balaban J connectivity index is 2.18. The van der Waals surface area contributed by atoms with Crippen LogP contribution in [0.15, 0.2) is 35.1 Å². The van der Waals surface area contributed by atoms with Crippen molar-refractivity contribution in [3.8, 4) is 0 Å². The van der Waals surface area contributed by atoms with Crippen LogP contribution in [-0.4, -0.2) is 28.9 Å². The molecule has 0 aromatic heterocycles. The van der Waals surface area contributed by atoms with Crippen molar-refractivity contribution in [2.75, 3.05) is 6.54 Å². The summed E-state index contributed by atoms with van der Waals surface area (Å²) in [5.41, 5.74) is 1.99. The molecule has 2 atom stereocenters. The van der Waals surface area contributed by atoms with Crippen LogP contribution in [0.3, 0.4) is 0 Å². The lowest BCUT2D eigenvalue weighted by molar-refractivity contribution is 0.188. The van der Waals surface area contributed by atoms with Crippen LogP contribution in [-0.2, 0) is 0 Å². The molecule has 0 fully saturated rings. The first-order chi connectivity index (χ1) is 8.22. The van der Waals surface area contributed by atoms with Crippen molar-refractivity contribution in [3.05, 3.63) is 35.1 Å². The quantitative estimate of drug-likeness (QED) is 0.703. The van der Waals surface area contributed by atoms with Crippen molar-refractivity contribution in [1.29, 1.82) is 0 Å². The number of aliphatic hydroxyl groups excluding tert-OH is 2. The van der Waals surface area contributed by atoms with E-state index >= 15 is 0 Å². The molecule has 3 N–H and O–H groups in total. The molecule has 2 aliphatic carbocycles. The largest absolute Gasteiger partial charge is 0.509 e. The summed E-state index contributed by atoms with van der Waals surface area (Å²) < 4.78 is 0. The van der Waals surface area contributed by atoms with E-state index in [1.165, 1.54) is 0 Å². The van der Waals surface area contributed by atoms with Crippen LogP contribution >= 0.6 is 0 Å². The molecule has 94 valence electrons. The molecule has 0 saturated carbocycles. The Morgan fingerprint density at radius 3 is 3.06 bits per heavy atom. The number of nitrogens with one attached hydrogen (secondary N) is 1. The molecule has 0 saturated heterocycles. The van der Waals surface area contributed by atoms with Gasteiger partial charge in [0.15, 0.2) is 0 Å². The molecule has 2 aliphatic rings. The van der Waals surface area contributed by atoms with E-state index in [0.29, 0.717) is 6.04 Å². The van der Waals surface area contributed by atoms with Crippen molar-refractivity contribution >= 4 is 0 Å². The minimum Gasteiger partial charge on any atom is -0.509 e. The number of rotatable bonds is 3. The summed E-state index contributed by atoms with van der Waals surface area (Å²) in [5.74, 6) is 0.134. The van der Waals surface area contributed by atoms with Gasteiger partial charge in [-0.25, -0.2) is 0 Å². The van der Waals surface area contributed by atoms with Gasteiger partial charge in [0.1, 0.15) is 11.9 Å². The predicted octanol–water partition coefficient (Wildman–Crippen LogP) is 2.21. The highest BCUT2D eigenvalue weighted by molar-refractivity contribution is 5.48. The Bertz CT molecular complexity index is 368. The average Bonchev–Trinajstić information content (AvgIpc) is 2.54. The number of allylic oxidation sites excluding steroid dienone is 3. The molecular formula is C14H21NO2. The molecule has 0 radical (unpaired) electrons. The third-order valence-corrected chi connectivity index (χ3v) is 3.38. The van der Waals surface area contributed by atoms with E-state index in [1.807, 2.05) is 6.08 Å². The van der Waals surface area contributed by atoms with Gasteiger partial charge < -0.3 is 15.5 Å². The lowest BCUT2D eigenvalue weighted by atomic mass is 9.94. The summed E-state index contributed by atoms with van der Waals surface area (Å²) in [5, 5.41) is 22.9. The second-order valence-corrected chi connectivity index (χ2v) is 4.74. The van der Waals surface area contributed by atoms with Gasteiger partial charge in [-0.05, 0) is 49.5 Å². The summed E-state index contributed by atoms with van der Waals surface area (Å²) in [6.07, 6.45) is 9.04. The Morgan fingerprint density at radius 2 is 2.29 bits per heavy atom. The van der Waals surface area contributed by atoms with E-state index in [-0.39, 0.29) is 5.76 Å². The zero-order valence-corrected chi connectivity index (χ0v) is 10.3. The van der Waals surface area contributed by atoms with Crippen molar-refractivity contribution in [3.63, 3.8) is 0 Å². The van der Waals surface area contributed by atoms with Crippen molar-refractivity contribution in [1.82, 2.24) is 5.32 Å². The number of hydrogen-bond donors (Lipinski definition) is 3. The normalized spacial score (nSPS) is 28.7. The third-order valence-electron chi connectivity index (χ3n) is 3.38. The summed E-state index contributed by atoms with van der Waals surface area (Å²) >= 11 is 0. The van der Waals surface area contributed by atoms with Crippen molar-refractivity contribution < 1.29 is 10.2 Å². The minimum atomic E-state index is -0.817. The van der Waals surface area contributed by atoms with Crippen LogP contribution in [0.2, 0.25) is 0 Å². The number of aliphatic hydroxyl groups is 2. The van der Waals surface area contributed by atoms with Gasteiger partial charge in [0.25, 0.3) is 0 Å². The molecule has 17 heavy (non-hydrogen) atoms. The molecule has 0 amide bonds. The van der Waals surface area contributed by atoms with Gasteiger partial charge in [-0.15, -0.1) is 0 Å². The Kier molecular flexibility index (Phi) is 4.02. The zero-order valence-electron chi connectivity index (χ0n) is 10.3. The predicted molar refractivity (Wildman–Crippen MR) is 68.8 cm³/mol. The molecule has 0 aromatic rings. The molecule has 0 aromatic carbocycles. The van der Waals surface area contributed by atoms with Gasteiger partial charge >= 0.3 is 0 Å². The molecule has 2 unspecified atom stereocenters. The Labute approximate surface area is 103 Å². The first kappa shape index (κ1) is 12.4. The van der Waals surface area contributed by atoms with Crippen LogP contribution in [0.4, 0.5) is 0 Å². The van der Waals surface area contributed by atoms with E-state index in [9.17, 15) is 10.2 Å². The van der Waals surface area contributed by atoms with Gasteiger partial charge in [0, 0.05) is 6.04 Å². The summed E-state index contributed by atoms with van der Waals surface area (Å²) in [4.78, 5) is 0. The average molecular weight is 235 g/mol. The first-order valence-corrected chi connectivity index (χ1v) is 6.46. The first-order valence-electron chi connectivity index (χ1n) is 6.46. The van der Waals surface area contributed by atoms with Crippen molar-refractivity contribution in [2.45, 2.75) is 44.8 Å². The third kappa shape index (κ3) is 2.79. The lowest BCUT2D eigenvalue weighted by Crippen LogP contribution is -2.27. The minimum absolute atomic E-state index is 0.134. The molecule has 3 heteroatoms. The van der Waals surface area contributed by atoms with Crippen LogP contribution in [0.1, 0.15) is 32.6 Å². The maximum atomic E-state index is 9.88. The standard InChI is InChI=1S/C14H21NO2/c1-2-8-15-11-4-3-5-12-10(9-11)6-7-13(16)14(12)17/h6-7,9,11,13,15-17H,2-5,8H2,1H3. The fraction of sp³-hybridized carbons (Fsp3) is 0.571. The maximum Gasteiger partial charge on any atom is 0.129 e. The number of hydrogen-bond acceptors (Lipinski definition) is 3. The molecular weight excluding hydrogens is 214 g/mol. The molecule has 0 aliphatic heterocycles. The second kappa shape index (κ2) is 5.52. The van der Waals surface area contributed by atoms with E-state index in [0.717, 1.165) is 43.4 Å². The molecule has 2 rings (SSSR count). The van der Waals surface area contributed by atoms with E-state index in [4.69, 9.17) is 0 Å². The van der Waals surface area contributed by atoms with E-state index in [1.54, 1.807) is 6.08 Å². The highest BCUT2D eigenvalue weighted by Gasteiger charge is 2.22. The molecule has 0 heterocycles. The van der Waals surface area contributed by atoms with Gasteiger partial charge in [0.2, 0.25) is 0 Å². The van der Waals surface area contributed by atoms with E-state index in [2.05, 4.69) is 18.3 Å². The monoisotopic (exact) mass is 235 g/mol. The van der Waals surface area contributed by atoms with Gasteiger partial charge in [-0.1, -0.05) is 19.1 Å². The fourth-order valence-electron chi connectivity index (χ4n) is 2.43.